The van der Waals surface area contributed by atoms with Crippen LogP contribution >= 0.6 is 0 Å². The van der Waals surface area contributed by atoms with Crippen molar-refractivity contribution in [3.63, 3.8) is 0 Å². The van der Waals surface area contributed by atoms with E-state index in [9.17, 15) is 4.79 Å². The second-order valence-corrected chi connectivity index (χ2v) is 2.53. The fourth-order valence-electron chi connectivity index (χ4n) is 1.01. The zero-order chi connectivity index (χ0) is 9.56. The van der Waals surface area contributed by atoms with Gasteiger partial charge in [0.2, 0.25) is 0 Å². The van der Waals surface area contributed by atoms with Gasteiger partial charge in [-0.3, -0.25) is 4.79 Å². The molecule has 0 heterocycles. The maximum Gasteiger partial charge on any atom is 0.312 e. The van der Waals surface area contributed by atoms with E-state index in [-0.39, 0.29) is 24.5 Å². The van der Waals surface area contributed by atoms with Gasteiger partial charge >= 0.3 is 5.97 Å². The molecule has 0 saturated heterocycles. The summed E-state index contributed by atoms with van der Waals surface area (Å²) in [6.07, 6.45) is -0.174. The van der Waals surface area contributed by atoms with Gasteiger partial charge in [0.15, 0.2) is 0 Å². The fourth-order valence-corrected chi connectivity index (χ4v) is 1.01. The van der Waals surface area contributed by atoms with Crippen molar-refractivity contribution >= 4 is 5.97 Å². The monoisotopic (exact) mass is 175 g/mol. The molecule has 12 heavy (non-hydrogen) atoms. The standard InChI is InChI=1S/C8H17NO3/c1-4-12-6(2)7(5-9)8(10)11-3/h6-7H,4-5,9H2,1-3H3. The molecule has 2 N–H and O–H groups in total. The summed E-state index contributed by atoms with van der Waals surface area (Å²) in [6.45, 7) is 4.53. The molecule has 2 atom stereocenters. The first-order valence-electron chi connectivity index (χ1n) is 4.06. The Bertz CT molecular complexity index is 138. The van der Waals surface area contributed by atoms with Crippen molar-refractivity contribution in [3.05, 3.63) is 0 Å². The highest BCUT2D eigenvalue weighted by atomic mass is 16.5. The fraction of sp³-hybridized carbons (Fsp3) is 0.875. The SMILES string of the molecule is CCOC(C)C(CN)C(=O)OC. The molecule has 0 bridgehead atoms. The van der Waals surface area contributed by atoms with Crippen LogP contribution in [0.2, 0.25) is 0 Å². The Balaban J connectivity index is 4.03. The first-order chi connectivity index (χ1) is 5.67. The summed E-state index contributed by atoms with van der Waals surface area (Å²) in [7, 11) is 1.35. The molecular formula is C8H17NO3. The summed E-state index contributed by atoms with van der Waals surface area (Å²) in [5.41, 5.74) is 5.40. The van der Waals surface area contributed by atoms with Crippen LogP contribution in [0.5, 0.6) is 0 Å². The molecule has 0 aromatic heterocycles. The quantitative estimate of drug-likeness (QED) is 0.604. The molecule has 0 saturated carbocycles. The van der Waals surface area contributed by atoms with E-state index in [2.05, 4.69) is 4.74 Å². The highest BCUT2D eigenvalue weighted by molar-refractivity contribution is 5.73. The summed E-state index contributed by atoms with van der Waals surface area (Å²) in [5, 5.41) is 0. The van der Waals surface area contributed by atoms with Gasteiger partial charge in [-0.2, -0.15) is 0 Å². The second-order valence-electron chi connectivity index (χ2n) is 2.53. The van der Waals surface area contributed by atoms with Gasteiger partial charge in [-0.1, -0.05) is 0 Å². The van der Waals surface area contributed by atoms with Crippen molar-refractivity contribution in [2.24, 2.45) is 11.7 Å². The second kappa shape index (κ2) is 5.97. The lowest BCUT2D eigenvalue weighted by Gasteiger charge is -2.19. The van der Waals surface area contributed by atoms with Crippen molar-refractivity contribution in [1.82, 2.24) is 0 Å². The number of methoxy groups -OCH3 is 1. The number of nitrogens with two attached hydrogens (primary N) is 1. The van der Waals surface area contributed by atoms with Crippen LogP contribution in [0.15, 0.2) is 0 Å². The smallest absolute Gasteiger partial charge is 0.312 e. The van der Waals surface area contributed by atoms with E-state index in [1.54, 1.807) is 0 Å². The Morgan fingerprint density at radius 3 is 2.50 bits per heavy atom. The Morgan fingerprint density at radius 2 is 2.17 bits per heavy atom. The van der Waals surface area contributed by atoms with Crippen LogP contribution < -0.4 is 5.73 Å². The molecule has 0 amide bonds. The van der Waals surface area contributed by atoms with Crippen LogP contribution in [0.4, 0.5) is 0 Å². The number of rotatable bonds is 5. The van der Waals surface area contributed by atoms with Crippen LogP contribution in [0.25, 0.3) is 0 Å². The van der Waals surface area contributed by atoms with Crippen molar-refractivity contribution < 1.29 is 14.3 Å². The van der Waals surface area contributed by atoms with Gasteiger partial charge in [-0.25, -0.2) is 0 Å². The zero-order valence-corrected chi connectivity index (χ0v) is 7.87. The van der Waals surface area contributed by atoms with Crippen LogP contribution in [0.3, 0.4) is 0 Å². The summed E-state index contributed by atoms with van der Waals surface area (Å²) in [4.78, 5) is 11.1. The van der Waals surface area contributed by atoms with E-state index in [0.29, 0.717) is 6.61 Å². The van der Waals surface area contributed by atoms with E-state index >= 15 is 0 Å². The van der Waals surface area contributed by atoms with Crippen LogP contribution in [0.1, 0.15) is 13.8 Å². The van der Waals surface area contributed by atoms with E-state index in [4.69, 9.17) is 10.5 Å². The molecule has 4 heteroatoms. The van der Waals surface area contributed by atoms with Crippen molar-refractivity contribution in [3.8, 4) is 0 Å². The normalized spacial score (nSPS) is 15.3. The minimum absolute atomic E-state index is 0.174. The molecule has 0 aliphatic carbocycles. The Kier molecular flexibility index (Phi) is 5.66. The molecule has 0 aromatic carbocycles. The van der Waals surface area contributed by atoms with E-state index in [1.807, 2.05) is 13.8 Å². The van der Waals surface area contributed by atoms with Crippen molar-refractivity contribution in [2.75, 3.05) is 20.3 Å². The van der Waals surface area contributed by atoms with Crippen molar-refractivity contribution in [2.45, 2.75) is 20.0 Å². The van der Waals surface area contributed by atoms with E-state index < -0.39 is 0 Å². The molecule has 0 aliphatic rings. The molecule has 0 radical (unpaired) electrons. The van der Waals surface area contributed by atoms with E-state index in [0.717, 1.165) is 0 Å². The number of carbonyl (C=O) groups excluding carboxylic acids is 1. The average Bonchev–Trinajstić information content (AvgIpc) is 2.06. The van der Waals surface area contributed by atoms with Crippen LogP contribution in [-0.2, 0) is 14.3 Å². The molecule has 4 nitrogen and oxygen atoms in total. The van der Waals surface area contributed by atoms with Gasteiger partial charge < -0.3 is 15.2 Å². The summed E-state index contributed by atoms with van der Waals surface area (Å²) < 4.78 is 9.81. The van der Waals surface area contributed by atoms with Crippen LogP contribution in [-0.4, -0.2) is 32.3 Å². The molecular weight excluding hydrogens is 158 g/mol. The number of hydrogen-bond donors (Lipinski definition) is 1. The van der Waals surface area contributed by atoms with Gasteiger partial charge in [0.1, 0.15) is 0 Å². The van der Waals surface area contributed by atoms with Gasteiger partial charge in [-0.05, 0) is 13.8 Å². The molecule has 0 rings (SSSR count). The minimum atomic E-state index is -0.352. The van der Waals surface area contributed by atoms with Gasteiger partial charge in [0.25, 0.3) is 0 Å². The van der Waals surface area contributed by atoms with Gasteiger partial charge in [0, 0.05) is 13.2 Å². The number of hydrogen-bond acceptors (Lipinski definition) is 4. The van der Waals surface area contributed by atoms with E-state index in [1.165, 1.54) is 7.11 Å². The van der Waals surface area contributed by atoms with Crippen LogP contribution in [0, 0.1) is 5.92 Å². The highest BCUT2D eigenvalue weighted by Crippen LogP contribution is 2.07. The minimum Gasteiger partial charge on any atom is -0.469 e. The topological polar surface area (TPSA) is 61.5 Å². The largest absolute Gasteiger partial charge is 0.469 e. The lowest BCUT2D eigenvalue weighted by atomic mass is 10.0. The summed E-state index contributed by atoms with van der Waals surface area (Å²) in [6, 6.07) is 0. The molecule has 2 unspecified atom stereocenters. The third-order valence-corrected chi connectivity index (χ3v) is 1.75. The molecule has 0 aromatic rings. The first kappa shape index (κ1) is 11.4. The number of ether oxygens (including phenoxy) is 2. The Hall–Kier alpha value is -0.610. The third-order valence-electron chi connectivity index (χ3n) is 1.75. The van der Waals surface area contributed by atoms with Gasteiger partial charge in [-0.15, -0.1) is 0 Å². The molecule has 0 fully saturated rings. The Morgan fingerprint density at radius 1 is 1.58 bits per heavy atom. The predicted octanol–water partition coefficient (Wildman–Crippen LogP) is 0.159. The predicted molar refractivity (Wildman–Crippen MR) is 45.6 cm³/mol. The number of carbonyl (C=O) groups is 1. The molecule has 0 aliphatic heterocycles. The lowest BCUT2D eigenvalue weighted by Crippen LogP contribution is -2.35. The third kappa shape index (κ3) is 3.19. The average molecular weight is 175 g/mol. The molecule has 0 spiro atoms. The van der Waals surface area contributed by atoms with Gasteiger partial charge in [0.05, 0.1) is 19.1 Å². The number of esters is 1. The molecule has 72 valence electrons. The maximum absolute atomic E-state index is 11.1. The lowest BCUT2D eigenvalue weighted by molar-refractivity contribution is -0.150. The zero-order valence-electron chi connectivity index (χ0n) is 7.87. The van der Waals surface area contributed by atoms with Crippen molar-refractivity contribution in [1.29, 1.82) is 0 Å². The Labute approximate surface area is 73.0 Å². The maximum atomic E-state index is 11.1. The first-order valence-corrected chi connectivity index (χ1v) is 4.06. The summed E-state index contributed by atoms with van der Waals surface area (Å²) in [5.74, 6) is -0.659. The highest BCUT2D eigenvalue weighted by Gasteiger charge is 2.24. The summed E-state index contributed by atoms with van der Waals surface area (Å²) >= 11 is 0.